The van der Waals surface area contributed by atoms with Gasteiger partial charge in [-0.25, -0.2) is 10.3 Å². The van der Waals surface area contributed by atoms with E-state index in [1.54, 1.807) is 24.7 Å². The average molecular weight is 134 g/mol. The highest BCUT2D eigenvalue weighted by Crippen LogP contribution is 2.02. The summed E-state index contributed by atoms with van der Waals surface area (Å²) in [6.07, 6.45) is 4.78. The molecule has 0 aliphatic carbocycles. The van der Waals surface area contributed by atoms with Crippen LogP contribution in [0.1, 0.15) is 5.76 Å². The Morgan fingerprint density at radius 1 is 1.30 bits per heavy atom. The fourth-order valence-electron chi connectivity index (χ4n) is 0.700. The molecule has 0 atom stereocenters. The lowest BCUT2D eigenvalue weighted by Gasteiger charge is -1.88. The minimum absolute atomic E-state index is 0.581. The first kappa shape index (κ1) is 5.22. The number of aromatic nitrogens is 1. The third kappa shape index (κ3) is 0.699. The third-order valence-corrected chi connectivity index (χ3v) is 1.12. The number of hydrogen-bond acceptors (Lipinski definition) is 3. The predicted molar refractivity (Wildman–Crippen MR) is 34.3 cm³/mol. The van der Waals surface area contributed by atoms with Gasteiger partial charge in [-0.3, -0.25) is 0 Å². The van der Waals surface area contributed by atoms with Crippen molar-refractivity contribution in [1.29, 1.82) is 0 Å². The van der Waals surface area contributed by atoms with E-state index in [-0.39, 0.29) is 0 Å². The van der Waals surface area contributed by atoms with E-state index in [4.69, 9.17) is 4.52 Å². The summed E-state index contributed by atoms with van der Waals surface area (Å²) in [5.41, 5.74) is 0. The van der Waals surface area contributed by atoms with E-state index in [1.807, 2.05) is 0 Å². The molecule has 49 valence electrons. The van der Waals surface area contributed by atoms with Crippen LogP contribution in [0.5, 0.6) is 0 Å². The Morgan fingerprint density at radius 2 is 2.30 bits per heavy atom. The topological polar surface area (TPSA) is 52.5 Å². The molecule has 0 saturated heterocycles. The van der Waals surface area contributed by atoms with Crippen molar-refractivity contribution in [2.45, 2.75) is 0 Å². The first-order valence-electron chi connectivity index (χ1n) is 2.81. The van der Waals surface area contributed by atoms with Crippen molar-refractivity contribution in [3.63, 3.8) is 0 Å². The number of nitrogens with zero attached hydrogens (tertiary/aromatic N) is 3. The van der Waals surface area contributed by atoms with Gasteiger partial charge in [-0.05, 0) is 0 Å². The van der Waals surface area contributed by atoms with Crippen LogP contribution < -0.4 is 5.32 Å². The molecule has 0 unspecified atom stereocenters. The maximum absolute atomic E-state index is 4.80. The fraction of sp³-hybridized carbons (Fsp3) is 0. The van der Waals surface area contributed by atoms with Gasteiger partial charge in [-0.2, -0.15) is 0 Å². The lowest BCUT2D eigenvalue weighted by Crippen LogP contribution is -2.05. The van der Waals surface area contributed by atoms with Crippen molar-refractivity contribution in [2.75, 3.05) is 0 Å². The molecule has 10 heavy (non-hydrogen) atoms. The van der Waals surface area contributed by atoms with Crippen molar-refractivity contribution >= 4 is 5.84 Å². The monoisotopic (exact) mass is 134 g/mol. The highest BCUT2D eigenvalue weighted by atomic mass is 16.5. The van der Waals surface area contributed by atoms with Gasteiger partial charge in [0.2, 0.25) is 5.76 Å². The Labute approximate surface area is 57.2 Å². The second-order valence-electron chi connectivity index (χ2n) is 1.76. The fourth-order valence-corrected chi connectivity index (χ4v) is 0.700. The SMILES string of the molecule is C1=CN=C(c2ccno2)[N]1. The molecule has 1 aliphatic heterocycles. The average Bonchev–Trinajstić information content (AvgIpc) is 2.59. The van der Waals surface area contributed by atoms with Gasteiger partial charge >= 0.3 is 0 Å². The Hall–Kier alpha value is -1.58. The molecule has 0 aromatic carbocycles. The van der Waals surface area contributed by atoms with E-state index in [0.717, 1.165) is 0 Å². The van der Waals surface area contributed by atoms with Gasteiger partial charge in [0.05, 0.1) is 6.20 Å². The van der Waals surface area contributed by atoms with Crippen LogP contribution in [0, 0.1) is 0 Å². The highest BCUT2D eigenvalue weighted by Gasteiger charge is 2.08. The lowest BCUT2D eigenvalue weighted by atomic mass is 10.4. The first-order valence-corrected chi connectivity index (χ1v) is 2.81. The van der Waals surface area contributed by atoms with Gasteiger partial charge < -0.3 is 4.52 Å². The standard InChI is InChI=1S/C6H4N3O/c1-2-9-10-5(1)6-7-3-4-8-6/h1-4H. The van der Waals surface area contributed by atoms with Gasteiger partial charge in [0, 0.05) is 18.5 Å². The molecule has 0 spiro atoms. The smallest absolute Gasteiger partial charge is 0.204 e. The van der Waals surface area contributed by atoms with Crippen LogP contribution in [-0.4, -0.2) is 11.0 Å². The van der Waals surface area contributed by atoms with Crippen molar-refractivity contribution in [1.82, 2.24) is 10.5 Å². The van der Waals surface area contributed by atoms with Crippen LogP contribution in [-0.2, 0) is 0 Å². The lowest BCUT2D eigenvalue weighted by molar-refractivity contribution is 0.412. The van der Waals surface area contributed by atoms with Gasteiger partial charge in [0.15, 0.2) is 5.84 Å². The molecule has 0 bridgehead atoms. The molecule has 0 N–H and O–H groups in total. The maximum Gasteiger partial charge on any atom is 0.204 e. The molecule has 1 aromatic heterocycles. The summed E-state index contributed by atoms with van der Waals surface area (Å²) in [6.45, 7) is 0. The Kier molecular flexibility index (Phi) is 1.04. The van der Waals surface area contributed by atoms with Crippen molar-refractivity contribution in [3.8, 4) is 0 Å². The van der Waals surface area contributed by atoms with Gasteiger partial charge in [-0.1, -0.05) is 5.16 Å². The zero-order chi connectivity index (χ0) is 6.81. The highest BCUT2D eigenvalue weighted by molar-refractivity contribution is 5.98. The minimum atomic E-state index is 0.581. The summed E-state index contributed by atoms with van der Waals surface area (Å²) in [6, 6.07) is 1.72. The molecule has 1 aliphatic rings. The van der Waals surface area contributed by atoms with Gasteiger partial charge in [0.25, 0.3) is 0 Å². The summed E-state index contributed by atoms with van der Waals surface area (Å²) in [5.74, 6) is 1.18. The van der Waals surface area contributed by atoms with Gasteiger partial charge in [0.1, 0.15) is 0 Å². The predicted octanol–water partition coefficient (Wildman–Crippen LogP) is 0.510. The Balaban J connectivity index is 2.30. The molecular formula is C6H4N3O. The normalized spacial score (nSPS) is 15.0. The number of aliphatic imine (C=N–C) groups is 1. The van der Waals surface area contributed by atoms with Crippen molar-refractivity contribution in [2.24, 2.45) is 4.99 Å². The van der Waals surface area contributed by atoms with Gasteiger partial charge in [-0.15, -0.1) is 0 Å². The summed E-state index contributed by atoms with van der Waals surface area (Å²) < 4.78 is 4.80. The molecule has 2 heterocycles. The zero-order valence-corrected chi connectivity index (χ0v) is 5.06. The summed E-state index contributed by atoms with van der Waals surface area (Å²) in [4.78, 5) is 3.91. The van der Waals surface area contributed by atoms with E-state index in [9.17, 15) is 0 Å². The number of amidine groups is 1. The minimum Gasteiger partial charge on any atom is -0.353 e. The second kappa shape index (κ2) is 1.98. The van der Waals surface area contributed by atoms with E-state index in [0.29, 0.717) is 11.6 Å². The molecule has 4 nitrogen and oxygen atoms in total. The summed E-state index contributed by atoms with van der Waals surface area (Å²) >= 11 is 0. The van der Waals surface area contributed by atoms with E-state index in [1.165, 1.54) is 0 Å². The van der Waals surface area contributed by atoms with Crippen LogP contribution in [0.4, 0.5) is 0 Å². The maximum atomic E-state index is 4.80. The largest absolute Gasteiger partial charge is 0.353 e. The molecule has 0 saturated carbocycles. The number of rotatable bonds is 1. The zero-order valence-electron chi connectivity index (χ0n) is 5.06. The van der Waals surface area contributed by atoms with E-state index >= 15 is 0 Å². The van der Waals surface area contributed by atoms with Crippen LogP contribution in [0.25, 0.3) is 0 Å². The first-order chi connectivity index (χ1) is 4.97. The van der Waals surface area contributed by atoms with Crippen LogP contribution in [0.15, 0.2) is 34.2 Å². The molecule has 2 rings (SSSR count). The Bertz CT molecular complexity index is 273. The third-order valence-electron chi connectivity index (χ3n) is 1.12. The molecule has 4 heteroatoms. The number of hydrogen-bond donors (Lipinski definition) is 0. The molecule has 0 amide bonds. The Morgan fingerprint density at radius 3 is 2.90 bits per heavy atom. The summed E-state index contributed by atoms with van der Waals surface area (Å²) in [7, 11) is 0. The van der Waals surface area contributed by atoms with E-state index < -0.39 is 0 Å². The van der Waals surface area contributed by atoms with E-state index in [2.05, 4.69) is 15.5 Å². The van der Waals surface area contributed by atoms with Crippen LogP contribution in [0.3, 0.4) is 0 Å². The molecular weight excluding hydrogens is 130 g/mol. The molecule has 1 aromatic rings. The van der Waals surface area contributed by atoms with Crippen LogP contribution >= 0.6 is 0 Å². The van der Waals surface area contributed by atoms with Crippen molar-refractivity contribution < 1.29 is 4.52 Å². The summed E-state index contributed by atoms with van der Waals surface area (Å²) in [5, 5.41) is 7.44. The van der Waals surface area contributed by atoms with Crippen molar-refractivity contribution in [3.05, 3.63) is 30.4 Å². The second-order valence-corrected chi connectivity index (χ2v) is 1.76. The molecule has 0 fully saturated rings. The molecule has 1 radical (unpaired) electrons. The quantitative estimate of drug-likeness (QED) is 0.561. The van der Waals surface area contributed by atoms with Crippen LogP contribution in [0.2, 0.25) is 0 Å².